The molecule has 2 aromatic rings. The van der Waals surface area contributed by atoms with Gasteiger partial charge >= 0.3 is 0 Å². The van der Waals surface area contributed by atoms with Crippen LogP contribution >= 0.6 is 0 Å². The first-order valence-electron chi connectivity index (χ1n) is 11.3. The van der Waals surface area contributed by atoms with E-state index in [0.29, 0.717) is 12.4 Å². The average molecular weight is 426 g/mol. The summed E-state index contributed by atoms with van der Waals surface area (Å²) >= 11 is 0. The predicted octanol–water partition coefficient (Wildman–Crippen LogP) is 3.79. The number of carbonyl (C=O) groups is 1. The number of hydrogen-bond donors (Lipinski definition) is 3. The summed E-state index contributed by atoms with van der Waals surface area (Å²) in [6.07, 6.45) is 5.51. The number of rotatable bonds is 7. The van der Waals surface area contributed by atoms with E-state index in [9.17, 15) is 4.79 Å². The summed E-state index contributed by atoms with van der Waals surface area (Å²) in [5.41, 5.74) is 2.94. The van der Waals surface area contributed by atoms with Crippen LogP contribution in [-0.4, -0.2) is 35.5 Å². The molecule has 7 heteroatoms. The van der Waals surface area contributed by atoms with Gasteiger partial charge < -0.3 is 20.4 Å². The topological polar surface area (TPSA) is 91.6 Å². The van der Waals surface area contributed by atoms with E-state index in [0.717, 1.165) is 49.4 Å². The molecule has 7 nitrogen and oxygen atoms in total. The minimum atomic E-state index is 0.0594. The number of amides is 1. The van der Waals surface area contributed by atoms with Crippen LogP contribution in [0.5, 0.6) is 0 Å². The lowest BCUT2D eigenvalue weighted by Crippen LogP contribution is -2.47. The summed E-state index contributed by atoms with van der Waals surface area (Å²) in [7, 11) is 0. The van der Waals surface area contributed by atoms with Gasteiger partial charge in [0.05, 0.1) is 6.54 Å². The molecule has 168 valence electrons. The van der Waals surface area contributed by atoms with Gasteiger partial charge in [0.15, 0.2) is 5.96 Å². The molecule has 0 saturated heterocycles. The zero-order chi connectivity index (χ0) is 22.2. The molecule has 1 aromatic carbocycles. The second kappa shape index (κ2) is 11.0. The van der Waals surface area contributed by atoms with Crippen molar-refractivity contribution in [2.24, 2.45) is 10.9 Å². The van der Waals surface area contributed by atoms with Crippen molar-refractivity contribution in [2.45, 2.75) is 72.0 Å². The maximum atomic E-state index is 12.4. The van der Waals surface area contributed by atoms with E-state index in [2.05, 4.69) is 32.9 Å². The average Bonchev–Trinajstić information content (AvgIpc) is 3.21. The summed E-state index contributed by atoms with van der Waals surface area (Å²) in [6, 6.07) is 8.51. The lowest BCUT2D eigenvalue weighted by Gasteiger charge is -2.30. The molecule has 0 radical (unpaired) electrons. The molecule has 1 amide bonds. The zero-order valence-electron chi connectivity index (χ0n) is 19.1. The fourth-order valence-electron chi connectivity index (χ4n) is 3.84. The van der Waals surface area contributed by atoms with Crippen LogP contribution in [0.3, 0.4) is 0 Å². The molecule has 1 aromatic heterocycles. The Bertz CT molecular complexity index is 872. The Morgan fingerprint density at radius 2 is 2.03 bits per heavy atom. The highest BCUT2D eigenvalue weighted by atomic mass is 16.3. The molecule has 1 heterocycles. The SMILES string of the molecule is CCNC(=NCc1coc(-c2ccc(C)cc2)n1)NC1CCCC(C(=O)NC(C)C)C1. The van der Waals surface area contributed by atoms with Gasteiger partial charge in [-0.1, -0.05) is 24.1 Å². The lowest BCUT2D eigenvalue weighted by atomic mass is 9.85. The van der Waals surface area contributed by atoms with Crippen molar-refractivity contribution < 1.29 is 9.21 Å². The van der Waals surface area contributed by atoms with E-state index in [-0.39, 0.29) is 23.9 Å². The number of aliphatic imine (C=N–C) groups is 1. The largest absolute Gasteiger partial charge is 0.444 e. The van der Waals surface area contributed by atoms with Crippen LogP contribution in [0.4, 0.5) is 0 Å². The lowest BCUT2D eigenvalue weighted by molar-refractivity contribution is -0.126. The number of aromatic nitrogens is 1. The third-order valence-electron chi connectivity index (χ3n) is 5.41. The minimum Gasteiger partial charge on any atom is -0.444 e. The maximum absolute atomic E-state index is 12.4. The maximum Gasteiger partial charge on any atom is 0.226 e. The number of oxazole rings is 1. The number of hydrogen-bond acceptors (Lipinski definition) is 4. The highest BCUT2D eigenvalue weighted by Gasteiger charge is 2.28. The van der Waals surface area contributed by atoms with E-state index in [1.165, 1.54) is 5.56 Å². The molecule has 0 spiro atoms. The van der Waals surface area contributed by atoms with Gasteiger partial charge in [0.1, 0.15) is 12.0 Å². The molecule has 1 aliphatic rings. The first kappa shape index (κ1) is 22.8. The van der Waals surface area contributed by atoms with Gasteiger partial charge in [-0.25, -0.2) is 9.98 Å². The first-order valence-corrected chi connectivity index (χ1v) is 11.3. The highest BCUT2D eigenvalue weighted by molar-refractivity contribution is 5.81. The zero-order valence-corrected chi connectivity index (χ0v) is 19.1. The molecule has 0 aliphatic heterocycles. The number of benzene rings is 1. The predicted molar refractivity (Wildman–Crippen MR) is 124 cm³/mol. The van der Waals surface area contributed by atoms with Gasteiger partial charge in [0, 0.05) is 30.1 Å². The second-order valence-electron chi connectivity index (χ2n) is 8.57. The number of aryl methyl sites for hydroxylation is 1. The van der Waals surface area contributed by atoms with Crippen molar-refractivity contribution in [3.63, 3.8) is 0 Å². The van der Waals surface area contributed by atoms with Gasteiger partial charge in [-0.2, -0.15) is 0 Å². The number of nitrogens with one attached hydrogen (secondary N) is 3. The van der Waals surface area contributed by atoms with Crippen LogP contribution in [0, 0.1) is 12.8 Å². The van der Waals surface area contributed by atoms with Gasteiger partial charge in [0.2, 0.25) is 11.8 Å². The first-order chi connectivity index (χ1) is 14.9. The fourth-order valence-corrected chi connectivity index (χ4v) is 3.84. The monoisotopic (exact) mass is 425 g/mol. The third kappa shape index (κ3) is 6.84. The molecular weight excluding hydrogens is 390 g/mol. The Labute approximate surface area is 185 Å². The number of guanidine groups is 1. The van der Waals surface area contributed by atoms with E-state index < -0.39 is 0 Å². The van der Waals surface area contributed by atoms with E-state index >= 15 is 0 Å². The van der Waals surface area contributed by atoms with Gasteiger partial charge in [-0.3, -0.25) is 4.79 Å². The molecule has 0 bridgehead atoms. The molecule has 1 aliphatic carbocycles. The van der Waals surface area contributed by atoms with Crippen LogP contribution in [0.2, 0.25) is 0 Å². The van der Waals surface area contributed by atoms with Crippen LogP contribution < -0.4 is 16.0 Å². The molecule has 3 N–H and O–H groups in total. The van der Waals surface area contributed by atoms with Crippen molar-refractivity contribution in [2.75, 3.05) is 6.54 Å². The molecular formula is C24H35N5O2. The molecule has 2 unspecified atom stereocenters. The van der Waals surface area contributed by atoms with Crippen molar-refractivity contribution >= 4 is 11.9 Å². The Kier molecular flexibility index (Phi) is 8.09. The number of carbonyl (C=O) groups excluding carboxylic acids is 1. The van der Waals surface area contributed by atoms with E-state index in [1.54, 1.807) is 6.26 Å². The standard InChI is InChI=1S/C24H35N5O2/c1-5-25-24(29-20-8-6-7-19(13-20)22(30)27-16(2)3)26-14-21-15-31-23(28-21)18-11-9-17(4)10-12-18/h9-12,15-16,19-20H,5-8,13-14H2,1-4H3,(H,27,30)(H2,25,26,29). The summed E-state index contributed by atoms with van der Waals surface area (Å²) in [6.45, 7) is 9.29. The van der Waals surface area contributed by atoms with Gasteiger partial charge in [0.25, 0.3) is 0 Å². The van der Waals surface area contributed by atoms with Crippen LogP contribution in [0.15, 0.2) is 39.9 Å². The Balaban J connectivity index is 1.60. The minimum absolute atomic E-state index is 0.0594. The van der Waals surface area contributed by atoms with Crippen molar-refractivity contribution in [1.82, 2.24) is 20.9 Å². The van der Waals surface area contributed by atoms with Gasteiger partial charge in [-0.05, 0) is 59.1 Å². The number of nitrogens with zero attached hydrogens (tertiary/aromatic N) is 2. The summed E-state index contributed by atoms with van der Waals surface area (Å²) in [5, 5.41) is 9.86. The smallest absolute Gasteiger partial charge is 0.226 e. The van der Waals surface area contributed by atoms with Crippen LogP contribution in [0.1, 0.15) is 57.7 Å². The van der Waals surface area contributed by atoms with E-state index in [4.69, 9.17) is 4.42 Å². The quantitative estimate of drug-likeness (QED) is 0.464. The molecule has 31 heavy (non-hydrogen) atoms. The molecule has 1 saturated carbocycles. The Morgan fingerprint density at radius 3 is 2.74 bits per heavy atom. The second-order valence-corrected chi connectivity index (χ2v) is 8.57. The molecule has 1 fully saturated rings. The molecule has 3 rings (SSSR count). The fraction of sp³-hybridized carbons (Fsp3) is 0.542. The molecule has 2 atom stereocenters. The Morgan fingerprint density at radius 1 is 1.26 bits per heavy atom. The highest BCUT2D eigenvalue weighted by Crippen LogP contribution is 2.25. The van der Waals surface area contributed by atoms with Crippen molar-refractivity contribution in [1.29, 1.82) is 0 Å². The Hall–Kier alpha value is -2.83. The van der Waals surface area contributed by atoms with Crippen LogP contribution in [-0.2, 0) is 11.3 Å². The third-order valence-corrected chi connectivity index (χ3v) is 5.41. The van der Waals surface area contributed by atoms with Crippen molar-refractivity contribution in [3.8, 4) is 11.5 Å². The summed E-state index contributed by atoms with van der Waals surface area (Å²) < 4.78 is 5.64. The summed E-state index contributed by atoms with van der Waals surface area (Å²) in [4.78, 5) is 21.7. The van der Waals surface area contributed by atoms with Crippen molar-refractivity contribution in [3.05, 3.63) is 41.8 Å². The van der Waals surface area contributed by atoms with E-state index in [1.807, 2.05) is 45.0 Å². The summed E-state index contributed by atoms with van der Waals surface area (Å²) in [5.74, 6) is 1.57. The normalized spacial score (nSPS) is 19.3. The van der Waals surface area contributed by atoms with Crippen LogP contribution in [0.25, 0.3) is 11.5 Å². The van der Waals surface area contributed by atoms with Gasteiger partial charge in [-0.15, -0.1) is 0 Å².